The van der Waals surface area contributed by atoms with E-state index < -0.39 is 21.7 Å². The Morgan fingerprint density at radius 3 is 2.54 bits per heavy atom. The lowest BCUT2D eigenvalue weighted by Gasteiger charge is -2.05. The zero-order valence-corrected chi connectivity index (χ0v) is 7.11. The minimum absolute atomic E-state index is 0.154. The van der Waals surface area contributed by atoms with Crippen molar-refractivity contribution in [3.8, 4) is 0 Å². The molecule has 0 aromatic heterocycles. The average Bonchev–Trinajstić information content (AvgIpc) is 2.03. The third kappa shape index (κ3) is 2.01. The van der Waals surface area contributed by atoms with E-state index in [1.165, 1.54) is 6.07 Å². The summed E-state index contributed by atoms with van der Waals surface area (Å²) in [4.78, 5) is 9.20. The predicted molar refractivity (Wildman–Crippen MR) is 44.7 cm³/mol. The number of anilines is 1. The monoisotopic (exact) mass is 201 g/mol. The summed E-state index contributed by atoms with van der Waals surface area (Å²) in [5.74, 6) is 0. The van der Waals surface area contributed by atoms with Crippen molar-refractivity contribution in [2.45, 2.75) is 4.90 Å². The van der Waals surface area contributed by atoms with Crippen LogP contribution in [0.3, 0.4) is 0 Å². The molecule has 7 heteroatoms. The molecule has 1 unspecified atom stereocenters. The normalized spacial score (nSPS) is 12.4. The first-order chi connectivity index (χ1) is 6.02. The number of nitrogens with zero attached hydrogens (tertiary/aromatic N) is 1. The van der Waals surface area contributed by atoms with Gasteiger partial charge in [-0.3, -0.25) is 14.3 Å². The standard InChI is InChI=1S/C6H6N2O4S/c7-4-1-2-6(13(11)12)5(3-4)8(9)10/h1-3H,7H2,(H,11,12)/p-1. The van der Waals surface area contributed by atoms with Gasteiger partial charge in [-0.2, -0.15) is 0 Å². The maximum atomic E-state index is 10.5. The van der Waals surface area contributed by atoms with Crippen LogP contribution in [-0.4, -0.2) is 13.7 Å². The highest BCUT2D eigenvalue weighted by Crippen LogP contribution is 2.23. The lowest BCUT2D eigenvalue weighted by atomic mass is 10.3. The first kappa shape index (κ1) is 9.62. The van der Waals surface area contributed by atoms with Crippen LogP contribution in [0.5, 0.6) is 0 Å². The molecule has 0 fully saturated rings. The minimum atomic E-state index is -2.62. The topological polar surface area (TPSA) is 109 Å². The summed E-state index contributed by atoms with van der Waals surface area (Å²) >= 11 is -2.62. The lowest BCUT2D eigenvalue weighted by molar-refractivity contribution is -0.387. The van der Waals surface area contributed by atoms with Crippen LogP contribution in [0.1, 0.15) is 0 Å². The highest BCUT2D eigenvalue weighted by molar-refractivity contribution is 7.79. The molecule has 2 N–H and O–H groups in total. The molecule has 1 aromatic rings. The van der Waals surface area contributed by atoms with Crippen LogP contribution >= 0.6 is 0 Å². The number of hydrogen-bond donors (Lipinski definition) is 1. The molecule has 0 heterocycles. The Kier molecular flexibility index (Phi) is 2.59. The molecule has 0 saturated carbocycles. The maximum Gasteiger partial charge on any atom is 0.286 e. The van der Waals surface area contributed by atoms with E-state index in [0.717, 1.165) is 12.1 Å². The molecule has 6 nitrogen and oxygen atoms in total. The lowest BCUT2D eigenvalue weighted by Crippen LogP contribution is -1.98. The molecule has 0 aliphatic rings. The summed E-state index contributed by atoms with van der Waals surface area (Å²) < 4.78 is 21.0. The Bertz CT molecular complexity index is 379. The molecule has 0 bridgehead atoms. The second kappa shape index (κ2) is 3.50. The van der Waals surface area contributed by atoms with Gasteiger partial charge in [0, 0.05) is 11.8 Å². The molecular weight excluding hydrogens is 196 g/mol. The number of nitro benzene ring substituents is 1. The van der Waals surface area contributed by atoms with Crippen molar-refractivity contribution in [1.82, 2.24) is 0 Å². The van der Waals surface area contributed by atoms with Crippen molar-refractivity contribution in [2.75, 3.05) is 5.73 Å². The van der Waals surface area contributed by atoms with Gasteiger partial charge < -0.3 is 10.3 Å². The van der Waals surface area contributed by atoms with Crippen molar-refractivity contribution in [3.63, 3.8) is 0 Å². The molecule has 0 amide bonds. The second-order valence-electron chi connectivity index (χ2n) is 2.22. The molecule has 0 aliphatic carbocycles. The summed E-state index contributed by atoms with van der Waals surface area (Å²) in [6.45, 7) is 0. The van der Waals surface area contributed by atoms with Gasteiger partial charge in [-0.25, -0.2) is 0 Å². The predicted octanol–water partition coefficient (Wildman–Crippen LogP) is 0.415. The SMILES string of the molecule is Nc1ccc(S(=O)[O-])c([N+](=O)[O-])c1. The van der Waals surface area contributed by atoms with E-state index in [0.29, 0.717) is 0 Å². The number of benzene rings is 1. The fourth-order valence-corrected chi connectivity index (χ4v) is 1.30. The third-order valence-electron chi connectivity index (χ3n) is 1.36. The maximum absolute atomic E-state index is 10.5. The van der Waals surface area contributed by atoms with Gasteiger partial charge in [0.05, 0.1) is 4.92 Å². The van der Waals surface area contributed by atoms with Crippen LogP contribution in [0.4, 0.5) is 11.4 Å². The van der Waals surface area contributed by atoms with E-state index in [2.05, 4.69) is 0 Å². The number of hydrogen-bond acceptors (Lipinski definition) is 5. The van der Waals surface area contributed by atoms with Gasteiger partial charge in [0.25, 0.3) is 5.69 Å². The van der Waals surface area contributed by atoms with Crippen molar-refractivity contribution < 1.29 is 13.7 Å². The summed E-state index contributed by atoms with van der Waals surface area (Å²) in [5, 5.41) is 10.4. The number of rotatable bonds is 2. The van der Waals surface area contributed by atoms with Gasteiger partial charge >= 0.3 is 0 Å². The Morgan fingerprint density at radius 2 is 2.08 bits per heavy atom. The van der Waals surface area contributed by atoms with Crippen molar-refractivity contribution in [1.29, 1.82) is 0 Å². The fourth-order valence-electron chi connectivity index (χ4n) is 0.818. The molecule has 1 rings (SSSR count). The second-order valence-corrected chi connectivity index (χ2v) is 3.13. The van der Waals surface area contributed by atoms with Gasteiger partial charge in [0.15, 0.2) is 0 Å². The number of nitrogens with two attached hydrogens (primary N) is 1. The average molecular weight is 201 g/mol. The van der Waals surface area contributed by atoms with Crippen LogP contribution < -0.4 is 5.73 Å². The molecule has 0 radical (unpaired) electrons. The smallest absolute Gasteiger partial charge is 0.286 e. The fraction of sp³-hybridized carbons (Fsp3) is 0. The molecule has 0 spiro atoms. The summed E-state index contributed by atoms with van der Waals surface area (Å²) in [6.07, 6.45) is 0. The van der Waals surface area contributed by atoms with Crippen LogP contribution in [0.25, 0.3) is 0 Å². The quantitative estimate of drug-likeness (QED) is 0.322. The van der Waals surface area contributed by atoms with Gasteiger partial charge in [-0.05, 0) is 23.2 Å². The van der Waals surface area contributed by atoms with E-state index in [9.17, 15) is 18.9 Å². The third-order valence-corrected chi connectivity index (χ3v) is 2.06. The van der Waals surface area contributed by atoms with Crippen LogP contribution in [0.2, 0.25) is 0 Å². The van der Waals surface area contributed by atoms with Crippen LogP contribution in [0.15, 0.2) is 23.1 Å². The molecule has 1 aromatic carbocycles. The highest BCUT2D eigenvalue weighted by Gasteiger charge is 2.13. The zero-order chi connectivity index (χ0) is 10.0. The van der Waals surface area contributed by atoms with Crippen LogP contribution in [-0.2, 0) is 11.1 Å². The van der Waals surface area contributed by atoms with E-state index in [1.54, 1.807) is 0 Å². The van der Waals surface area contributed by atoms with Gasteiger partial charge in [0.1, 0.15) is 4.90 Å². The first-order valence-electron chi connectivity index (χ1n) is 3.15. The minimum Gasteiger partial charge on any atom is -0.768 e. The Morgan fingerprint density at radius 1 is 1.46 bits per heavy atom. The van der Waals surface area contributed by atoms with E-state index >= 15 is 0 Å². The molecule has 0 aliphatic heterocycles. The molecule has 0 saturated heterocycles. The van der Waals surface area contributed by atoms with Gasteiger partial charge in [-0.1, -0.05) is 0 Å². The summed E-state index contributed by atoms with van der Waals surface area (Å²) in [5.41, 5.74) is 4.91. The van der Waals surface area contributed by atoms with Crippen molar-refractivity contribution in [2.24, 2.45) is 0 Å². The molecule has 13 heavy (non-hydrogen) atoms. The Labute approximate surface area is 75.8 Å². The number of nitrogen functional groups attached to an aromatic ring is 1. The van der Waals surface area contributed by atoms with Gasteiger partial charge in [0.2, 0.25) is 0 Å². The largest absolute Gasteiger partial charge is 0.768 e. The van der Waals surface area contributed by atoms with E-state index in [-0.39, 0.29) is 10.6 Å². The molecule has 70 valence electrons. The Hall–Kier alpha value is -1.47. The van der Waals surface area contributed by atoms with Crippen LogP contribution in [0, 0.1) is 10.1 Å². The highest BCUT2D eigenvalue weighted by atomic mass is 32.2. The number of nitro groups is 1. The van der Waals surface area contributed by atoms with Gasteiger partial charge in [-0.15, -0.1) is 0 Å². The van der Waals surface area contributed by atoms with E-state index in [1.807, 2.05) is 0 Å². The van der Waals surface area contributed by atoms with E-state index in [4.69, 9.17) is 5.73 Å². The summed E-state index contributed by atoms with van der Waals surface area (Å²) in [6, 6.07) is 3.39. The Balaban J connectivity index is 3.35. The molecule has 1 atom stereocenters. The van der Waals surface area contributed by atoms with Crippen molar-refractivity contribution in [3.05, 3.63) is 28.3 Å². The first-order valence-corrected chi connectivity index (χ1v) is 4.23. The zero-order valence-electron chi connectivity index (χ0n) is 6.30. The summed E-state index contributed by atoms with van der Waals surface area (Å²) in [7, 11) is 0. The van der Waals surface area contributed by atoms with Crippen molar-refractivity contribution >= 4 is 22.5 Å². The molecular formula is C6H5N2O4S-.